The molecule has 1 heterocycles. The minimum atomic E-state index is -0.298. The standard InChI is InChI=1S/C16H25NO/c1-3-12-7-5-6-8-14(12)16(18)15-9-10-17-11-13(15)4-2/h9-12,14,16,18H,3-8H2,1-2H3. The minimum absolute atomic E-state index is 0.298. The number of nitrogens with zero attached hydrogens (tertiary/aromatic N) is 1. The third-order valence-corrected chi connectivity index (χ3v) is 4.54. The van der Waals surface area contributed by atoms with Gasteiger partial charge in [-0.3, -0.25) is 4.98 Å². The van der Waals surface area contributed by atoms with E-state index < -0.39 is 0 Å². The average molecular weight is 247 g/mol. The summed E-state index contributed by atoms with van der Waals surface area (Å²) in [4.78, 5) is 4.17. The Morgan fingerprint density at radius 2 is 2.11 bits per heavy atom. The summed E-state index contributed by atoms with van der Waals surface area (Å²) < 4.78 is 0. The predicted octanol–water partition coefficient (Wildman–Crippen LogP) is 3.89. The molecule has 0 bridgehead atoms. The summed E-state index contributed by atoms with van der Waals surface area (Å²) in [7, 11) is 0. The van der Waals surface area contributed by atoms with Gasteiger partial charge < -0.3 is 5.11 Å². The topological polar surface area (TPSA) is 33.1 Å². The first kappa shape index (κ1) is 13.5. The van der Waals surface area contributed by atoms with E-state index in [-0.39, 0.29) is 6.10 Å². The summed E-state index contributed by atoms with van der Waals surface area (Å²) in [5, 5.41) is 10.7. The Bertz CT molecular complexity index is 377. The van der Waals surface area contributed by atoms with Gasteiger partial charge in [-0.15, -0.1) is 0 Å². The van der Waals surface area contributed by atoms with Crippen LogP contribution in [0, 0.1) is 11.8 Å². The van der Waals surface area contributed by atoms with Gasteiger partial charge in [0.2, 0.25) is 0 Å². The van der Waals surface area contributed by atoms with Crippen LogP contribution in [0.2, 0.25) is 0 Å². The number of rotatable bonds is 4. The van der Waals surface area contributed by atoms with E-state index in [9.17, 15) is 5.11 Å². The fourth-order valence-corrected chi connectivity index (χ4v) is 3.41. The highest BCUT2D eigenvalue weighted by atomic mass is 16.3. The molecule has 1 aliphatic carbocycles. The third-order valence-electron chi connectivity index (χ3n) is 4.54. The first-order chi connectivity index (χ1) is 8.77. The molecule has 1 aromatic rings. The van der Waals surface area contributed by atoms with Crippen molar-refractivity contribution in [1.82, 2.24) is 4.98 Å². The molecule has 0 aliphatic heterocycles. The van der Waals surface area contributed by atoms with Crippen LogP contribution < -0.4 is 0 Å². The van der Waals surface area contributed by atoms with E-state index in [1.807, 2.05) is 18.5 Å². The second kappa shape index (κ2) is 6.33. The van der Waals surface area contributed by atoms with Gasteiger partial charge in [-0.05, 0) is 41.9 Å². The van der Waals surface area contributed by atoms with Crippen LogP contribution in [-0.2, 0) is 6.42 Å². The van der Waals surface area contributed by atoms with Crippen molar-refractivity contribution in [2.45, 2.75) is 58.5 Å². The van der Waals surface area contributed by atoms with Crippen molar-refractivity contribution in [3.63, 3.8) is 0 Å². The Hall–Kier alpha value is -0.890. The molecular formula is C16H25NO. The van der Waals surface area contributed by atoms with Crippen molar-refractivity contribution in [2.75, 3.05) is 0 Å². The van der Waals surface area contributed by atoms with Crippen LogP contribution in [0.3, 0.4) is 0 Å². The molecule has 3 unspecified atom stereocenters. The number of aliphatic hydroxyl groups is 1. The maximum absolute atomic E-state index is 10.7. The van der Waals surface area contributed by atoms with Crippen LogP contribution >= 0.6 is 0 Å². The predicted molar refractivity (Wildman–Crippen MR) is 74.3 cm³/mol. The molecule has 1 saturated carbocycles. The highest BCUT2D eigenvalue weighted by molar-refractivity contribution is 5.26. The van der Waals surface area contributed by atoms with Gasteiger partial charge >= 0.3 is 0 Å². The zero-order chi connectivity index (χ0) is 13.0. The highest BCUT2D eigenvalue weighted by Gasteiger charge is 2.31. The lowest BCUT2D eigenvalue weighted by Gasteiger charge is -2.35. The van der Waals surface area contributed by atoms with Gasteiger partial charge in [0.05, 0.1) is 6.10 Å². The van der Waals surface area contributed by atoms with Gasteiger partial charge in [0.1, 0.15) is 0 Å². The molecule has 1 aromatic heterocycles. The lowest BCUT2D eigenvalue weighted by Crippen LogP contribution is -2.26. The maximum Gasteiger partial charge on any atom is 0.0824 e. The Morgan fingerprint density at radius 1 is 1.33 bits per heavy atom. The van der Waals surface area contributed by atoms with Crippen LogP contribution in [0.25, 0.3) is 0 Å². The molecule has 0 spiro atoms. The molecule has 2 rings (SSSR count). The molecule has 0 saturated heterocycles. The number of aromatic nitrogens is 1. The van der Waals surface area contributed by atoms with Crippen molar-refractivity contribution in [3.05, 3.63) is 29.6 Å². The van der Waals surface area contributed by atoms with E-state index in [0.717, 1.165) is 12.0 Å². The van der Waals surface area contributed by atoms with Crippen LogP contribution in [0.4, 0.5) is 0 Å². The number of hydrogen-bond donors (Lipinski definition) is 1. The fraction of sp³-hybridized carbons (Fsp3) is 0.688. The number of aliphatic hydroxyl groups excluding tert-OH is 1. The molecule has 2 nitrogen and oxygen atoms in total. The van der Waals surface area contributed by atoms with Gasteiger partial charge in [0.15, 0.2) is 0 Å². The Labute approximate surface area is 110 Å². The van der Waals surface area contributed by atoms with Gasteiger partial charge in [-0.25, -0.2) is 0 Å². The van der Waals surface area contributed by atoms with E-state index >= 15 is 0 Å². The van der Waals surface area contributed by atoms with Crippen molar-refractivity contribution in [3.8, 4) is 0 Å². The summed E-state index contributed by atoms with van der Waals surface area (Å²) in [5.74, 6) is 1.13. The molecule has 3 atom stereocenters. The van der Waals surface area contributed by atoms with E-state index in [0.29, 0.717) is 11.8 Å². The molecule has 100 valence electrons. The Kier molecular flexibility index (Phi) is 4.76. The van der Waals surface area contributed by atoms with E-state index in [2.05, 4.69) is 18.8 Å². The molecule has 1 aliphatic rings. The van der Waals surface area contributed by atoms with E-state index in [4.69, 9.17) is 0 Å². The van der Waals surface area contributed by atoms with E-state index in [1.165, 1.54) is 37.7 Å². The molecular weight excluding hydrogens is 222 g/mol. The van der Waals surface area contributed by atoms with Gasteiger partial charge in [-0.1, -0.05) is 39.5 Å². The first-order valence-corrected chi connectivity index (χ1v) is 7.38. The third kappa shape index (κ3) is 2.74. The zero-order valence-electron chi connectivity index (χ0n) is 11.6. The first-order valence-electron chi connectivity index (χ1n) is 7.38. The quantitative estimate of drug-likeness (QED) is 0.875. The Balaban J connectivity index is 2.20. The van der Waals surface area contributed by atoms with Gasteiger partial charge in [0, 0.05) is 12.4 Å². The molecule has 1 N–H and O–H groups in total. The summed E-state index contributed by atoms with van der Waals surface area (Å²) in [6.45, 7) is 4.38. The second-order valence-electron chi connectivity index (χ2n) is 5.49. The smallest absolute Gasteiger partial charge is 0.0824 e. The fourth-order valence-electron chi connectivity index (χ4n) is 3.41. The highest BCUT2D eigenvalue weighted by Crippen LogP contribution is 2.40. The maximum atomic E-state index is 10.7. The van der Waals surface area contributed by atoms with Crippen molar-refractivity contribution in [1.29, 1.82) is 0 Å². The van der Waals surface area contributed by atoms with Crippen molar-refractivity contribution in [2.24, 2.45) is 11.8 Å². The summed E-state index contributed by atoms with van der Waals surface area (Å²) >= 11 is 0. The van der Waals surface area contributed by atoms with Crippen LogP contribution in [0.5, 0.6) is 0 Å². The van der Waals surface area contributed by atoms with Crippen LogP contribution in [0.15, 0.2) is 18.5 Å². The number of aryl methyl sites for hydroxylation is 1. The molecule has 18 heavy (non-hydrogen) atoms. The second-order valence-corrected chi connectivity index (χ2v) is 5.49. The van der Waals surface area contributed by atoms with Crippen LogP contribution in [0.1, 0.15) is 63.2 Å². The Morgan fingerprint density at radius 3 is 2.83 bits per heavy atom. The zero-order valence-corrected chi connectivity index (χ0v) is 11.6. The minimum Gasteiger partial charge on any atom is -0.388 e. The number of hydrogen-bond acceptors (Lipinski definition) is 2. The monoisotopic (exact) mass is 247 g/mol. The largest absolute Gasteiger partial charge is 0.388 e. The molecule has 2 heteroatoms. The molecule has 0 aromatic carbocycles. The average Bonchev–Trinajstić information content (AvgIpc) is 2.46. The summed E-state index contributed by atoms with van der Waals surface area (Å²) in [6, 6.07) is 2.00. The normalized spacial score (nSPS) is 25.9. The molecule has 0 amide bonds. The lowest BCUT2D eigenvalue weighted by molar-refractivity contribution is 0.0445. The summed E-state index contributed by atoms with van der Waals surface area (Å²) in [6.07, 6.45) is 10.6. The van der Waals surface area contributed by atoms with Gasteiger partial charge in [0.25, 0.3) is 0 Å². The number of pyridine rings is 1. The van der Waals surface area contributed by atoms with E-state index in [1.54, 1.807) is 0 Å². The summed E-state index contributed by atoms with van der Waals surface area (Å²) in [5.41, 5.74) is 2.31. The molecule has 1 fully saturated rings. The molecule has 0 radical (unpaired) electrons. The van der Waals surface area contributed by atoms with Gasteiger partial charge in [-0.2, -0.15) is 0 Å². The van der Waals surface area contributed by atoms with Crippen LogP contribution in [-0.4, -0.2) is 10.1 Å². The van der Waals surface area contributed by atoms with Crippen molar-refractivity contribution < 1.29 is 5.11 Å². The van der Waals surface area contributed by atoms with Crippen molar-refractivity contribution >= 4 is 0 Å². The SMILES string of the molecule is CCc1cnccc1C(O)C1CCCCC1CC. The lowest BCUT2D eigenvalue weighted by atomic mass is 9.73.